The molecule has 0 bridgehead atoms. The summed E-state index contributed by atoms with van der Waals surface area (Å²) in [6, 6.07) is 8.31. The maximum absolute atomic E-state index is 11.9. The molecule has 5 nitrogen and oxygen atoms in total. The summed E-state index contributed by atoms with van der Waals surface area (Å²) < 4.78 is 7.30. The summed E-state index contributed by atoms with van der Waals surface area (Å²) in [6.45, 7) is -0.166. The third kappa shape index (κ3) is 6.81. The zero-order valence-electron chi connectivity index (χ0n) is 15.4. The number of nitrogens with one attached hydrogen (secondary N) is 1. The van der Waals surface area contributed by atoms with Crippen LogP contribution >= 0.6 is 23.1 Å². The van der Waals surface area contributed by atoms with Crippen molar-refractivity contribution in [2.45, 2.75) is 61.7 Å². The van der Waals surface area contributed by atoms with Crippen molar-refractivity contribution in [2.75, 3.05) is 12.4 Å². The Labute approximate surface area is 168 Å². The fourth-order valence-corrected chi connectivity index (χ4v) is 5.28. The first kappa shape index (κ1) is 20.1. The molecule has 1 aromatic heterocycles. The number of amides is 1. The number of carbonyl (C=O) groups excluding carboxylic acids is 2. The number of rotatable bonds is 8. The number of benzene rings is 1. The van der Waals surface area contributed by atoms with Gasteiger partial charge >= 0.3 is 5.97 Å². The quantitative estimate of drug-likeness (QED) is 0.301. The van der Waals surface area contributed by atoms with Crippen molar-refractivity contribution >= 4 is 45.2 Å². The van der Waals surface area contributed by atoms with Crippen LogP contribution < -0.4 is 5.32 Å². The van der Waals surface area contributed by atoms with E-state index in [2.05, 4.69) is 16.4 Å². The Morgan fingerprint density at radius 1 is 1.19 bits per heavy atom. The molecule has 1 aliphatic rings. The second-order valence-corrected chi connectivity index (χ2v) is 9.19. The topological polar surface area (TPSA) is 68.3 Å². The van der Waals surface area contributed by atoms with Gasteiger partial charge in [0.15, 0.2) is 10.9 Å². The van der Waals surface area contributed by atoms with Crippen LogP contribution in [0.4, 0.5) is 0 Å². The number of hydrogen-bond acceptors (Lipinski definition) is 6. The highest BCUT2D eigenvalue weighted by Crippen LogP contribution is 2.29. The highest BCUT2D eigenvalue weighted by molar-refractivity contribution is 8.01. The SMILES string of the molecule is O=C(COC(=O)CCCSc1nc2ccccc2s1)NC1CCCCCC1. The molecule has 7 heteroatoms. The van der Waals surface area contributed by atoms with Crippen molar-refractivity contribution in [3.8, 4) is 0 Å². The van der Waals surface area contributed by atoms with Gasteiger partial charge in [-0.05, 0) is 31.4 Å². The van der Waals surface area contributed by atoms with Crippen molar-refractivity contribution in [1.82, 2.24) is 10.3 Å². The lowest BCUT2D eigenvalue weighted by atomic mass is 10.1. The number of fused-ring (bicyclic) bond motifs is 1. The minimum absolute atomic E-state index is 0.166. The molecular formula is C20H26N2O3S2. The van der Waals surface area contributed by atoms with E-state index in [-0.39, 0.29) is 24.5 Å². The lowest BCUT2D eigenvalue weighted by Gasteiger charge is -2.16. The van der Waals surface area contributed by atoms with Crippen LogP contribution in [0, 0.1) is 0 Å². The largest absolute Gasteiger partial charge is 0.456 e. The molecule has 0 radical (unpaired) electrons. The molecule has 0 saturated heterocycles. The average molecular weight is 407 g/mol. The van der Waals surface area contributed by atoms with E-state index in [9.17, 15) is 9.59 Å². The van der Waals surface area contributed by atoms with Gasteiger partial charge in [0.05, 0.1) is 10.2 Å². The summed E-state index contributed by atoms with van der Waals surface area (Å²) in [7, 11) is 0. The number of nitrogens with zero attached hydrogens (tertiary/aromatic N) is 1. The number of para-hydroxylation sites is 1. The van der Waals surface area contributed by atoms with E-state index < -0.39 is 0 Å². The molecule has 2 aromatic rings. The number of esters is 1. The molecule has 0 unspecified atom stereocenters. The van der Waals surface area contributed by atoms with E-state index in [1.807, 2.05) is 18.2 Å². The maximum atomic E-state index is 11.9. The van der Waals surface area contributed by atoms with Crippen LogP contribution in [0.5, 0.6) is 0 Å². The molecule has 1 aliphatic carbocycles. The summed E-state index contributed by atoms with van der Waals surface area (Å²) in [5.41, 5.74) is 1.02. The third-order valence-electron chi connectivity index (χ3n) is 4.61. The Hall–Kier alpha value is -1.60. The molecule has 146 valence electrons. The van der Waals surface area contributed by atoms with Crippen molar-refractivity contribution < 1.29 is 14.3 Å². The van der Waals surface area contributed by atoms with E-state index in [1.165, 1.54) is 17.5 Å². The van der Waals surface area contributed by atoms with E-state index in [0.29, 0.717) is 12.8 Å². The predicted molar refractivity (Wildman–Crippen MR) is 110 cm³/mol. The summed E-state index contributed by atoms with van der Waals surface area (Å²) in [5.74, 6) is 0.318. The fraction of sp³-hybridized carbons (Fsp3) is 0.550. The van der Waals surface area contributed by atoms with Gasteiger partial charge in [0.1, 0.15) is 0 Å². The van der Waals surface area contributed by atoms with E-state index in [0.717, 1.165) is 41.3 Å². The molecular weight excluding hydrogens is 380 g/mol. The highest BCUT2D eigenvalue weighted by atomic mass is 32.2. The van der Waals surface area contributed by atoms with Crippen molar-refractivity contribution in [2.24, 2.45) is 0 Å². The smallest absolute Gasteiger partial charge is 0.306 e. The molecule has 1 N–H and O–H groups in total. The number of aromatic nitrogens is 1. The van der Waals surface area contributed by atoms with Crippen LogP contribution in [0.2, 0.25) is 0 Å². The number of carbonyl (C=O) groups is 2. The Balaban J connectivity index is 1.28. The Morgan fingerprint density at radius 3 is 2.74 bits per heavy atom. The molecule has 1 fully saturated rings. The van der Waals surface area contributed by atoms with Crippen molar-refractivity contribution in [3.05, 3.63) is 24.3 Å². The minimum Gasteiger partial charge on any atom is -0.456 e. The lowest BCUT2D eigenvalue weighted by Crippen LogP contribution is -2.37. The molecule has 3 rings (SSSR count). The lowest BCUT2D eigenvalue weighted by molar-refractivity contribution is -0.148. The molecule has 1 saturated carbocycles. The van der Waals surface area contributed by atoms with Gasteiger partial charge in [-0.25, -0.2) is 4.98 Å². The Bertz CT molecular complexity index is 722. The van der Waals surface area contributed by atoms with Gasteiger partial charge in [-0.1, -0.05) is 49.6 Å². The zero-order valence-corrected chi connectivity index (χ0v) is 17.1. The zero-order chi connectivity index (χ0) is 18.9. The van der Waals surface area contributed by atoms with Crippen molar-refractivity contribution in [1.29, 1.82) is 0 Å². The summed E-state index contributed by atoms with van der Waals surface area (Å²) >= 11 is 3.33. The number of thiazole rings is 1. The minimum atomic E-state index is -0.309. The van der Waals surface area contributed by atoms with Crippen molar-refractivity contribution in [3.63, 3.8) is 0 Å². The molecule has 1 heterocycles. The third-order valence-corrected chi connectivity index (χ3v) is 6.88. The summed E-state index contributed by atoms with van der Waals surface area (Å²) in [4.78, 5) is 28.3. The van der Waals surface area contributed by atoms with E-state index in [1.54, 1.807) is 23.1 Å². The van der Waals surface area contributed by atoms with Crippen LogP contribution in [-0.2, 0) is 14.3 Å². The van der Waals surface area contributed by atoms with Crippen LogP contribution in [0.3, 0.4) is 0 Å². The number of ether oxygens (including phenoxy) is 1. The van der Waals surface area contributed by atoms with Gasteiger partial charge in [-0.3, -0.25) is 9.59 Å². The molecule has 1 amide bonds. The van der Waals surface area contributed by atoms with Gasteiger partial charge in [-0.2, -0.15) is 0 Å². The standard InChI is InChI=1S/C20H26N2O3S2/c23-18(21-15-8-3-1-2-4-9-15)14-25-19(24)12-7-13-26-20-22-16-10-5-6-11-17(16)27-20/h5-6,10-11,15H,1-4,7-9,12-14H2,(H,21,23). The van der Waals surface area contributed by atoms with Gasteiger partial charge in [0, 0.05) is 18.2 Å². The van der Waals surface area contributed by atoms with Gasteiger partial charge in [0.2, 0.25) is 0 Å². The monoisotopic (exact) mass is 406 g/mol. The highest BCUT2D eigenvalue weighted by Gasteiger charge is 2.15. The fourth-order valence-electron chi connectivity index (χ4n) is 3.20. The first-order valence-corrected chi connectivity index (χ1v) is 11.4. The Morgan fingerprint density at radius 2 is 1.96 bits per heavy atom. The van der Waals surface area contributed by atoms with Crippen LogP contribution in [-0.4, -0.2) is 35.3 Å². The first-order chi connectivity index (χ1) is 13.2. The van der Waals surface area contributed by atoms with Gasteiger partial charge < -0.3 is 10.1 Å². The normalized spacial score (nSPS) is 15.4. The molecule has 0 aliphatic heterocycles. The van der Waals surface area contributed by atoms with E-state index >= 15 is 0 Å². The van der Waals surface area contributed by atoms with Crippen LogP contribution in [0.1, 0.15) is 51.4 Å². The first-order valence-electron chi connectivity index (χ1n) is 9.64. The Kier molecular flexibility index (Phi) is 7.95. The second-order valence-electron chi connectivity index (χ2n) is 6.82. The number of thioether (sulfide) groups is 1. The molecule has 1 aromatic carbocycles. The average Bonchev–Trinajstić information content (AvgIpc) is 2.91. The summed E-state index contributed by atoms with van der Waals surface area (Å²) in [6.07, 6.45) is 7.92. The molecule has 0 spiro atoms. The van der Waals surface area contributed by atoms with Gasteiger partial charge in [0.25, 0.3) is 5.91 Å². The van der Waals surface area contributed by atoms with Crippen LogP contribution in [0.25, 0.3) is 10.2 Å². The molecule has 27 heavy (non-hydrogen) atoms. The maximum Gasteiger partial charge on any atom is 0.306 e. The number of hydrogen-bond donors (Lipinski definition) is 1. The predicted octanol–water partition coefficient (Wildman–Crippen LogP) is 4.55. The summed E-state index contributed by atoms with van der Waals surface area (Å²) in [5, 5.41) is 2.99. The van der Waals surface area contributed by atoms with Gasteiger partial charge in [-0.15, -0.1) is 11.3 Å². The van der Waals surface area contributed by atoms with Crippen LogP contribution in [0.15, 0.2) is 28.6 Å². The second kappa shape index (κ2) is 10.7. The van der Waals surface area contributed by atoms with E-state index in [4.69, 9.17) is 4.74 Å². The molecule has 0 atom stereocenters.